The van der Waals surface area contributed by atoms with Crippen LogP contribution < -0.4 is 5.32 Å². The second-order valence-corrected chi connectivity index (χ2v) is 13.3. The van der Waals surface area contributed by atoms with Crippen LogP contribution in [0.1, 0.15) is 51.9 Å². The van der Waals surface area contributed by atoms with Gasteiger partial charge in [-0.2, -0.15) is 4.68 Å². The number of hydrogen-bond acceptors (Lipinski definition) is 10. The van der Waals surface area contributed by atoms with Gasteiger partial charge in [-0.1, -0.05) is 79.3 Å². The molecule has 0 bridgehead atoms. The van der Waals surface area contributed by atoms with Crippen molar-refractivity contribution in [3.05, 3.63) is 149 Å². The number of ether oxygens (including phenoxy) is 2. The number of amides is 1. The Labute approximate surface area is 299 Å². The third-order valence-corrected chi connectivity index (χ3v) is 9.84. The van der Waals surface area contributed by atoms with Crippen molar-refractivity contribution in [3.8, 4) is 22.6 Å². The van der Waals surface area contributed by atoms with Crippen molar-refractivity contribution in [1.29, 1.82) is 0 Å². The van der Waals surface area contributed by atoms with Crippen LogP contribution >= 0.6 is 11.8 Å². The van der Waals surface area contributed by atoms with Crippen LogP contribution in [0.5, 0.6) is 5.75 Å². The minimum atomic E-state index is -0.663. The summed E-state index contributed by atoms with van der Waals surface area (Å²) in [6.45, 7) is 2.46. The van der Waals surface area contributed by atoms with E-state index in [1.165, 1.54) is 11.8 Å². The number of tetrazole rings is 1. The van der Waals surface area contributed by atoms with Gasteiger partial charge in [-0.25, -0.2) is 0 Å². The molecule has 51 heavy (non-hydrogen) atoms. The van der Waals surface area contributed by atoms with Crippen LogP contribution in [0.2, 0.25) is 0 Å². The van der Waals surface area contributed by atoms with Crippen LogP contribution in [0.25, 0.3) is 16.8 Å². The number of carbonyl (C=O) groups excluding carboxylic acids is 1. The lowest BCUT2D eigenvalue weighted by molar-refractivity contribution is -0.268. The Morgan fingerprint density at radius 2 is 1.67 bits per heavy atom. The Balaban J connectivity index is 1.12. The summed E-state index contributed by atoms with van der Waals surface area (Å²) in [5.74, 6) is 0.503. The average molecular weight is 701 g/mol. The molecule has 0 spiro atoms. The normalized spacial score (nSPS) is 18.7. The standard InChI is InChI=1S/C39H36N6O5S/c1-25-35(24-51-39-42-43-44-45(39)33-14-16-34(47)17-15-33)49-38(50-36(25)28-12-10-26(23-46)11-13-28)31-8-3-7-30(20-31)29-6-2-5-27(19-29)21-41-37(48)32-9-4-18-40-22-32/h2-20,22,25,35-36,38,46-47H,21,23-24H2,1H3,(H,41,48)/t25-,35+,36+,38+/m0/s1. The molecule has 1 saturated heterocycles. The summed E-state index contributed by atoms with van der Waals surface area (Å²) in [6.07, 6.45) is 2.00. The van der Waals surface area contributed by atoms with Gasteiger partial charge in [0.15, 0.2) is 6.29 Å². The van der Waals surface area contributed by atoms with Crippen LogP contribution in [0.15, 0.2) is 127 Å². The molecule has 1 fully saturated rings. The number of phenols is 1. The maximum absolute atomic E-state index is 12.6. The summed E-state index contributed by atoms with van der Waals surface area (Å²) in [5, 5.41) is 35.3. The highest BCUT2D eigenvalue weighted by Gasteiger charge is 2.38. The summed E-state index contributed by atoms with van der Waals surface area (Å²) in [4.78, 5) is 16.6. The van der Waals surface area contributed by atoms with Gasteiger partial charge >= 0.3 is 0 Å². The molecule has 4 atom stereocenters. The fourth-order valence-electron chi connectivity index (χ4n) is 6.00. The van der Waals surface area contributed by atoms with Crippen LogP contribution in [-0.2, 0) is 22.6 Å². The van der Waals surface area contributed by atoms with Crippen molar-refractivity contribution in [1.82, 2.24) is 30.5 Å². The number of carbonyl (C=O) groups is 1. The molecule has 1 amide bonds. The molecule has 3 N–H and O–H groups in total. The van der Waals surface area contributed by atoms with Gasteiger partial charge in [0.05, 0.1) is 30.1 Å². The maximum atomic E-state index is 12.6. The third-order valence-electron chi connectivity index (χ3n) is 8.83. The Hall–Kier alpha value is -5.40. The summed E-state index contributed by atoms with van der Waals surface area (Å²) in [6, 6.07) is 34.2. The summed E-state index contributed by atoms with van der Waals surface area (Å²) in [7, 11) is 0. The van der Waals surface area contributed by atoms with E-state index in [1.807, 2.05) is 60.7 Å². The first-order chi connectivity index (χ1) is 24.9. The topological polar surface area (TPSA) is 145 Å². The van der Waals surface area contributed by atoms with Gasteiger partial charge < -0.3 is 25.0 Å². The lowest BCUT2D eigenvalue weighted by atomic mass is 9.91. The molecule has 0 radical (unpaired) electrons. The predicted octanol–water partition coefficient (Wildman–Crippen LogP) is 6.44. The zero-order valence-corrected chi connectivity index (χ0v) is 28.6. The van der Waals surface area contributed by atoms with E-state index in [0.717, 1.165) is 39.1 Å². The molecule has 11 nitrogen and oxygen atoms in total. The van der Waals surface area contributed by atoms with E-state index in [-0.39, 0.29) is 36.4 Å². The lowest BCUT2D eigenvalue weighted by Gasteiger charge is -2.41. The van der Waals surface area contributed by atoms with Crippen LogP contribution in [-0.4, -0.2) is 53.2 Å². The molecule has 1 aliphatic rings. The number of nitrogens with one attached hydrogen (secondary N) is 1. The van der Waals surface area contributed by atoms with Crippen molar-refractivity contribution in [3.63, 3.8) is 0 Å². The highest BCUT2D eigenvalue weighted by molar-refractivity contribution is 7.99. The van der Waals surface area contributed by atoms with Gasteiger partial charge in [-0.15, -0.1) is 5.10 Å². The third kappa shape index (κ3) is 8.00. The predicted molar refractivity (Wildman–Crippen MR) is 192 cm³/mol. The van der Waals surface area contributed by atoms with E-state index in [1.54, 1.807) is 53.5 Å². The number of phenolic OH excluding ortho intramolecular Hbond substituents is 1. The molecular weight excluding hydrogens is 665 g/mol. The Bertz CT molecular complexity index is 2080. The van der Waals surface area contributed by atoms with E-state index in [9.17, 15) is 15.0 Å². The first-order valence-electron chi connectivity index (χ1n) is 16.5. The minimum Gasteiger partial charge on any atom is -0.508 e. The molecule has 258 valence electrons. The zero-order chi connectivity index (χ0) is 35.2. The van der Waals surface area contributed by atoms with E-state index in [0.29, 0.717) is 23.0 Å². The molecule has 0 aliphatic carbocycles. The summed E-state index contributed by atoms with van der Waals surface area (Å²) >= 11 is 1.49. The van der Waals surface area contributed by atoms with E-state index >= 15 is 0 Å². The first-order valence-corrected chi connectivity index (χ1v) is 17.5. The highest BCUT2D eigenvalue weighted by Crippen LogP contribution is 2.43. The monoisotopic (exact) mass is 700 g/mol. The van der Waals surface area contributed by atoms with Crippen molar-refractivity contribution in [2.75, 3.05) is 5.75 Å². The SMILES string of the molecule is C[C@H]1[C@@H](CSc2nnnn2-c2ccc(O)cc2)O[C@@H](c2cccc(-c3cccc(CNC(=O)c4cccnc4)c3)c2)O[C@H]1c1ccc(CO)cc1. The number of hydrogen-bond donors (Lipinski definition) is 3. The molecular formula is C39H36N6O5S. The molecule has 0 saturated carbocycles. The number of thioether (sulfide) groups is 1. The van der Waals surface area contributed by atoms with Gasteiger partial charge in [-0.05, 0) is 86.8 Å². The lowest BCUT2D eigenvalue weighted by Crippen LogP contribution is -2.38. The average Bonchev–Trinajstić information content (AvgIpc) is 3.66. The molecule has 2 aromatic heterocycles. The van der Waals surface area contributed by atoms with Crippen LogP contribution in [0, 0.1) is 5.92 Å². The van der Waals surface area contributed by atoms with E-state index < -0.39 is 6.29 Å². The molecule has 12 heteroatoms. The first kappa shape index (κ1) is 34.1. The van der Waals surface area contributed by atoms with Gasteiger partial charge in [0.1, 0.15) is 5.75 Å². The molecule has 7 rings (SSSR count). The molecule has 1 aliphatic heterocycles. The Kier molecular flexibility index (Phi) is 10.5. The van der Waals surface area contributed by atoms with E-state index in [4.69, 9.17) is 9.47 Å². The van der Waals surface area contributed by atoms with Crippen LogP contribution in [0.4, 0.5) is 0 Å². The number of aliphatic hydroxyl groups excluding tert-OH is 1. The maximum Gasteiger partial charge on any atom is 0.253 e. The van der Waals surface area contributed by atoms with Gasteiger partial charge in [0.25, 0.3) is 5.91 Å². The van der Waals surface area contributed by atoms with Crippen LogP contribution in [0.3, 0.4) is 0 Å². The largest absolute Gasteiger partial charge is 0.508 e. The number of aromatic hydroxyl groups is 1. The molecule has 3 heterocycles. The number of nitrogens with zero attached hydrogens (tertiary/aromatic N) is 5. The van der Waals surface area contributed by atoms with Crippen molar-refractivity contribution >= 4 is 17.7 Å². The zero-order valence-electron chi connectivity index (χ0n) is 27.7. The Morgan fingerprint density at radius 1 is 0.882 bits per heavy atom. The summed E-state index contributed by atoms with van der Waals surface area (Å²) < 4.78 is 15.1. The van der Waals surface area contributed by atoms with Gasteiger partial charge in [-0.3, -0.25) is 9.78 Å². The molecule has 4 aromatic carbocycles. The van der Waals surface area contributed by atoms with Crippen molar-refractivity contribution in [2.45, 2.75) is 43.7 Å². The number of rotatable bonds is 11. The Morgan fingerprint density at radius 3 is 2.43 bits per heavy atom. The molecule has 6 aromatic rings. The number of pyridine rings is 1. The summed E-state index contributed by atoms with van der Waals surface area (Å²) in [5.41, 5.74) is 6.89. The quantitative estimate of drug-likeness (QED) is 0.129. The van der Waals surface area contributed by atoms with Crippen molar-refractivity contribution < 1.29 is 24.5 Å². The van der Waals surface area contributed by atoms with Gasteiger partial charge in [0.2, 0.25) is 5.16 Å². The number of aromatic nitrogens is 5. The second kappa shape index (κ2) is 15.7. The fraction of sp³-hybridized carbons (Fsp3) is 0.205. The van der Waals surface area contributed by atoms with Crippen molar-refractivity contribution in [2.24, 2.45) is 5.92 Å². The molecule has 0 unspecified atom stereocenters. The number of benzene rings is 4. The highest BCUT2D eigenvalue weighted by atomic mass is 32.2. The second-order valence-electron chi connectivity index (χ2n) is 12.3. The van der Waals surface area contributed by atoms with Gasteiger partial charge in [0, 0.05) is 36.2 Å². The minimum absolute atomic E-state index is 0.0338. The number of aliphatic hydroxyl groups is 1. The van der Waals surface area contributed by atoms with E-state index in [2.05, 4.69) is 44.9 Å². The smallest absolute Gasteiger partial charge is 0.253 e. The fourth-order valence-corrected chi connectivity index (χ4v) is 7.05.